The lowest BCUT2D eigenvalue weighted by Crippen LogP contribution is -2.04. The summed E-state index contributed by atoms with van der Waals surface area (Å²) in [6.45, 7) is 2.76. The van der Waals surface area contributed by atoms with Crippen LogP contribution in [0.4, 0.5) is 11.4 Å². The summed E-state index contributed by atoms with van der Waals surface area (Å²) in [5, 5.41) is 19.2. The lowest BCUT2D eigenvalue weighted by atomic mass is 9.85. The Morgan fingerprint density at radius 3 is 2.57 bits per heavy atom. The highest BCUT2D eigenvalue weighted by atomic mass is 35.5. The molecule has 1 aliphatic heterocycles. The van der Waals surface area contributed by atoms with E-state index in [1.165, 1.54) is 11.1 Å². The number of rotatable bonds is 5. The molecule has 5 aromatic rings. The number of nitrogens with zero attached hydrogens (tertiary/aromatic N) is 3. The van der Waals surface area contributed by atoms with Crippen molar-refractivity contribution in [3.05, 3.63) is 107 Å². The van der Waals surface area contributed by atoms with Crippen LogP contribution in [0.3, 0.4) is 0 Å². The minimum Gasteiger partial charge on any atom is -0.491 e. The number of aromatic amines is 1. The summed E-state index contributed by atoms with van der Waals surface area (Å²) in [5.41, 5.74) is 8.48. The Morgan fingerprint density at radius 1 is 0.946 bits per heavy atom. The molecular weight excluding hydrogens is 482 g/mol. The van der Waals surface area contributed by atoms with Gasteiger partial charge < -0.3 is 10.1 Å². The largest absolute Gasteiger partial charge is 0.491 e. The number of aryl methyl sites for hydroxylation is 1. The molecular formula is C30H26ClN5O. The van der Waals surface area contributed by atoms with E-state index in [1.807, 2.05) is 24.3 Å². The van der Waals surface area contributed by atoms with Gasteiger partial charge in [0.05, 0.1) is 12.3 Å². The van der Waals surface area contributed by atoms with Crippen molar-refractivity contribution in [3.63, 3.8) is 0 Å². The SMILES string of the molecule is Cc1ccc(-c2nn[nH]n2)c(-c2cc(Nc3ccc(Cl)cc3)c3c(c2)C(c2ccccc2)CCCO3)c1. The Bertz CT molecular complexity index is 1520. The molecule has 6 rings (SSSR count). The molecule has 0 amide bonds. The van der Waals surface area contributed by atoms with Gasteiger partial charge in [-0.05, 0) is 78.1 Å². The van der Waals surface area contributed by atoms with Crippen molar-refractivity contribution >= 4 is 23.0 Å². The molecule has 0 bridgehead atoms. The van der Waals surface area contributed by atoms with Crippen molar-refractivity contribution in [1.82, 2.24) is 20.6 Å². The number of hydrogen-bond acceptors (Lipinski definition) is 5. The number of nitrogens with one attached hydrogen (secondary N) is 2. The first-order chi connectivity index (χ1) is 18.2. The highest BCUT2D eigenvalue weighted by Crippen LogP contribution is 2.46. The second-order valence-corrected chi connectivity index (χ2v) is 9.75. The first-order valence-corrected chi connectivity index (χ1v) is 12.8. The van der Waals surface area contributed by atoms with Crippen molar-refractivity contribution < 1.29 is 4.74 Å². The Balaban J connectivity index is 1.57. The zero-order valence-electron chi connectivity index (χ0n) is 20.4. The summed E-state index contributed by atoms with van der Waals surface area (Å²) < 4.78 is 6.42. The van der Waals surface area contributed by atoms with E-state index in [0.717, 1.165) is 52.2 Å². The molecule has 0 fully saturated rings. The number of tetrazole rings is 1. The predicted molar refractivity (Wildman–Crippen MR) is 148 cm³/mol. The lowest BCUT2D eigenvalue weighted by Gasteiger charge is -2.22. The van der Waals surface area contributed by atoms with Gasteiger partial charge in [0, 0.05) is 27.8 Å². The summed E-state index contributed by atoms with van der Waals surface area (Å²) in [6.07, 6.45) is 1.98. The van der Waals surface area contributed by atoms with Crippen molar-refractivity contribution in [1.29, 1.82) is 0 Å². The van der Waals surface area contributed by atoms with Crippen LogP contribution >= 0.6 is 11.6 Å². The average molecular weight is 508 g/mol. The van der Waals surface area contributed by atoms with Gasteiger partial charge in [-0.25, -0.2) is 0 Å². The quantitative estimate of drug-likeness (QED) is 0.257. The topological polar surface area (TPSA) is 75.7 Å². The standard InChI is InChI=1S/C30H26ClN5O/c1-19-9-14-25(30-33-35-36-34-30)26(16-19)21-17-27-24(20-6-3-2-4-7-20)8-5-15-37-29(27)28(18-21)32-23-12-10-22(31)11-13-23/h2-4,6-7,9-14,16-18,24,32H,5,8,15H2,1H3,(H,33,34,35,36). The fourth-order valence-electron chi connectivity index (χ4n) is 5.02. The maximum atomic E-state index is 6.42. The Morgan fingerprint density at radius 2 is 1.78 bits per heavy atom. The third-order valence-electron chi connectivity index (χ3n) is 6.77. The van der Waals surface area contributed by atoms with Gasteiger partial charge in [0.1, 0.15) is 5.75 Å². The molecule has 2 heterocycles. The van der Waals surface area contributed by atoms with Gasteiger partial charge >= 0.3 is 0 Å². The van der Waals surface area contributed by atoms with E-state index >= 15 is 0 Å². The maximum absolute atomic E-state index is 6.42. The number of fused-ring (bicyclic) bond motifs is 1. The summed E-state index contributed by atoms with van der Waals surface area (Å²) >= 11 is 6.15. The van der Waals surface area contributed by atoms with Crippen LogP contribution in [0.5, 0.6) is 5.75 Å². The smallest absolute Gasteiger partial charge is 0.205 e. The molecule has 1 aliphatic rings. The molecule has 6 nitrogen and oxygen atoms in total. The van der Waals surface area contributed by atoms with E-state index in [0.29, 0.717) is 17.5 Å². The normalized spacial score (nSPS) is 14.9. The number of hydrogen-bond donors (Lipinski definition) is 2. The summed E-state index contributed by atoms with van der Waals surface area (Å²) in [7, 11) is 0. The molecule has 0 radical (unpaired) electrons. The molecule has 4 aromatic carbocycles. The van der Waals surface area contributed by atoms with E-state index in [4.69, 9.17) is 16.3 Å². The first-order valence-electron chi connectivity index (χ1n) is 12.4. The van der Waals surface area contributed by atoms with Crippen LogP contribution in [-0.4, -0.2) is 27.2 Å². The van der Waals surface area contributed by atoms with Crippen molar-refractivity contribution in [3.8, 4) is 28.3 Å². The van der Waals surface area contributed by atoms with Gasteiger partial charge in [-0.15, -0.1) is 10.2 Å². The fraction of sp³-hybridized carbons (Fsp3) is 0.167. The molecule has 1 unspecified atom stereocenters. The number of halogens is 1. The zero-order chi connectivity index (χ0) is 25.2. The number of H-pyrrole nitrogens is 1. The zero-order valence-corrected chi connectivity index (χ0v) is 21.2. The molecule has 37 heavy (non-hydrogen) atoms. The monoisotopic (exact) mass is 507 g/mol. The third kappa shape index (κ3) is 4.80. The summed E-state index contributed by atoms with van der Waals surface area (Å²) in [4.78, 5) is 0. The van der Waals surface area contributed by atoms with Crippen LogP contribution in [0.25, 0.3) is 22.5 Å². The van der Waals surface area contributed by atoms with Gasteiger partial charge in [0.25, 0.3) is 0 Å². The van der Waals surface area contributed by atoms with Crippen LogP contribution < -0.4 is 10.1 Å². The molecule has 7 heteroatoms. The van der Waals surface area contributed by atoms with E-state index in [-0.39, 0.29) is 5.92 Å². The predicted octanol–water partition coefficient (Wildman–Crippen LogP) is 7.54. The minimum atomic E-state index is 0.211. The molecule has 0 saturated heterocycles. The number of benzene rings is 4. The molecule has 1 atom stereocenters. The molecule has 0 saturated carbocycles. The van der Waals surface area contributed by atoms with Crippen LogP contribution in [0.1, 0.15) is 35.4 Å². The molecule has 2 N–H and O–H groups in total. The van der Waals surface area contributed by atoms with Crippen molar-refractivity contribution in [2.24, 2.45) is 0 Å². The van der Waals surface area contributed by atoms with Gasteiger partial charge in [0.15, 0.2) is 0 Å². The van der Waals surface area contributed by atoms with Crippen LogP contribution in [0.15, 0.2) is 84.9 Å². The molecule has 0 aliphatic carbocycles. The minimum absolute atomic E-state index is 0.211. The number of anilines is 2. The lowest BCUT2D eigenvalue weighted by molar-refractivity contribution is 0.318. The van der Waals surface area contributed by atoms with Crippen molar-refractivity contribution in [2.45, 2.75) is 25.7 Å². The number of ether oxygens (including phenoxy) is 1. The highest BCUT2D eigenvalue weighted by Gasteiger charge is 2.26. The summed E-state index contributed by atoms with van der Waals surface area (Å²) in [6, 6.07) is 29.1. The van der Waals surface area contributed by atoms with Gasteiger partial charge in [-0.2, -0.15) is 5.21 Å². The van der Waals surface area contributed by atoms with E-state index in [9.17, 15) is 0 Å². The average Bonchev–Trinajstić information content (AvgIpc) is 3.37. The highest BCUT2D eigenvalue weighted by molar-refractivity contribution is 6.30. The molecule has 184 valence electrons. The van der Waals surface area contributed by atoms with Crippen LogP contribution in [0.2, 0.25) is 5.02 Å². The van der Waals surface area contributed by atoms with Crippen LogP contribution in [0, 0.1) is 6.92 Å². The van der Waals surface area contributed by atoms with Gasteiger partial charge in [-0.3, -0.25) is 0 Å². The van der Waals surface area contributed by atoms with E-state index in [2.05, 4.69) is 93.5 Å². The molecule has 0 spiro atoms. The van der Waals surface area contributed by atoms with Gasteiger partial charge in [0.2, 0.25) is 5.82 Å². The fourth-order valence-corrected chi connectivity index (χ4v) is 5.15. The number of aromatic nitrogens is 4. The van der Waals surface area contributed by atoms with Crippen molar-refractivity contribution in [2.75, 3.05) is 11.9 Å². The Kier molecular flexibility index (Phi) is 6.33. The van der Waals surface area contributed by atoms with E-state index in [1.54, 1.807) is 0 Å². The third-order valence-corrected chi connectivity index (χ3v) is 7.03. The van der Waals surface area contributed by atoms with E-state index < -0.39 is 0 Å². The second kappa shape index (κ2) is 10.1. The maximum Gasteiger partial charge on any atom is 0.205 e. The summed E-state index contributed by atoms with van der Waals surface area (Å²) in [5.74, 6) is 1.66. The molecule has 1 aromatic heterocycles. The first kappa shape index (κ1) is 23.3. The Labute approximate surface area is 220 Å². The second-order valence-electron chi connectivity index (χ2n) is 9.31. The Hall–Kier alpha value is -4.16. The van der Waals surface area contributed by atoms with Gasteiger partial charge in [-0.1, -0.05) is 65.7 Å². The van der Waals surface area contributed by atoms with Crippen LogP contribution in [-0.2, 0) is 0 Å².